The fourth-order valence-corrected chi connectivity index (χ4v) is 3.36. The van der Waals surface area contributed by atoms with E-state index in [2.05, 4.69) is 10.4 Å². The fraction of sp³-hybridized carbons (Fsp3) is 0.348. The van der Waals surface area contributed by atoms with Gasteiger partial charge in [-0.05, 0) is 35.2 Å². The maximum atomic E-state index is 13.0. The molecule has 0 radical (unpaired) electrons. The lowest BCUT2D eigenvalue weighted by molar-refractivity contribution is -0.127. The second-order valence-electron chi connectivity index (χ2n) is 6.42. The van der Waals surface area contributed by atoms with Crippen molar-refractivity contribution in [3.63, 3.8) is 0 Å². The first-order valence-corrected chi connectivity index (χ1v) is 11.3. The molecule has 10 heteroatoms. The van der Waals surface area contributed by atoms with E-state index in [4.69, 9.17) is 33.4 Å². The van der Waals surface area contributed by atoms with Gasteiger partial charge < -0.3 is 20.6 Å². The lowest BCUT2D eigenvalue weighted by Crippen LogP contribution is -2.50. The molecule has 2 amide bonds. The third-order valence-corrected chi connectivity index (χ3v) is 4.74. The number of aliphatic hydroxyl groups excluding tert-OH is 1. The highest BCUT2D eigenvalue weighted by atomic mass is 35.5. The van der Waals surface area contributed by atoms with Crippen LogP contribution < -0.4 is 11.1 Å². The number of nitrogens with two attached hydrogens (primary N) is 1. The first-order chi connectivity index (χ1) is 15.8. The molecule has 0 saturated carbocycles. The van der Waals surface area contributed by atoms with E-state index in [0.29, 0.717) is 5.56 Å². The molecule has 2 heterocycles. The molecule has 2 aromatic heterocycles. The van der Waals surface area contributed by atoms with Crippen molar-refractivity contribution in [2.24, 2.45) is 12.8 Å². The number of halogens is 2. The fourth-order valence-electron chi connectivity index (χ4n) is 2.91. The van der Waals surface area contributed by atoms with Crippen molar-refractivity contribution in [3.05, 3.63) is 64.2 Å². The molecular weight excluding hydrogens is 467 g/mol. The normalized spacial score (nSPS) is 11.9. The molecule has 3 aromatic rings. The molecule has 2 atom stereocenters. The van der Waals surface area contributed by atoms with Crippen LogP contribution >= 0.6 is 23.2 Å². The van der Waals surface area contributed by atoms with Crippen LogP contribution in [-0.2, 0) is 18.3 Å². The van der Waals surface area contributed by atoms with Crippen molar-refractivity contribution in [1.82, 2.24) is 15.1 Å². The lowest BCUT2D eigenvalue weighted by atomic mass is 10.00. The number of rotatable bonds is 7. The number of aryl methyl sites for hydroxylation is 1. The summed E-state index contributed by atoms with van der Waals surface area (Å²) in [7, 11) is 1.63. The summed E-state index contributed by atoms with van der Waals surface area (Å²) >= 11 is 11.9. The Morgan fingerprint density at radius 3 is 2.30 bits per heavy atom. The first-order valence-electron chi connectivity index (χ1n) is 10.6. The minimum absolute atomic E-state index is 0.0132. The van der Waals surface area contributed by atoms with Crippen LogP contribution in [0.4, 0.5) is 0 Å². The van der Waals surface area contributed by atoms with Crippen molar-refractivity contribution in [2.45, 2.75) is 46.3 Å². The highest BCUT2D eigenvalue weighted by molar-refractivity contribution is 6.34. The van der Waals surface area contributed by atoms with E-state index in [-0.39, 0.29) is 28.1 Å². The van der Waals surface area contributed by atoms with Gasteiger partial charge in [0.15, 0.2) is 11.3 Å². The average molecular weight is 497 g/mol. The quantitative estimate of drug-likeness (QED) is 0.451. The van der Waals surface area contributed by atoms with Gasteiger partial charge >= 0.3 is 0 Å². The zero-order valence-electron chi connectivity index (χ0n) is 19.3. The van der Waals surface area contributed by atoms with Gasteiger partial charge in [-0.2, -0.15) is 5.10 Å². The van der Waals surface area contributed by atoms with E-state index in [1.54, 1.807) is 7.05 Å². The molecule has 0 aliphatic heterocycles. The first kappa shape index (κ1) is 28.2. The number of furan rings is 1. The Morgan fingerprint density at radius 2 is 1.79 bits per heavy atom. The second-order valence-corrected chi connectivity index (χ2v) is 7.14. The van der Waals surface area contributed by atoms with E-state index >= 15 is 0 Å². The van der Waals surface area contributed by atoms with Gasteiger partial charge in [0, 0.05) is 19.3 Å². The molecule has 0 spiro atoms. The number of nitrogens with zero attached hydrogens (tertiary/aromatic N) is 2. The third kappa shape index (κ3) is 7.63. The average Bonchev–Trinajstić information content (AvgIpc) is 3.36. The SMILES string of the molecule is CC.CC.Cn1cc(C(=O)NC(Cc2ccccc2)C(O)C(N)=O)c(-c2cc(Cl)oc2Cl)n1. The molecule has 0 fully saturated rings. The standard InChI is InChI=1S/C19H18Cl2N4O4.2C2H6/c1-25-9-12(15(24-25)11-8-14(20)29-17(11)21)19(28)23-13(16(26)18(22)27)7-10-5-3-2-4-6-10;2*1-2/h2-6,8-9,13,16,26H,7H2,1H3,(H2,22,27)(H,23,28);2*1-2H3. The van der Waals surface area contributed by atoms with Gasteiger partial charge in [-0.1, -0.05) is 58.0 Å². The van der Waals surface area contributed by atoms with Gasteiger partial charge in [0.1, 0.15) is 5.69 Å². The van der Waals surface area contributed by atoms with Gasteiger partial charge in [-0.15, -0.1) is 0 Å². The summed E-state index contributed by atoms with van der Waals surface area (Å²) in [5.41, 5.74) is 6.83. The van der Waals surface area contributed by atoms with Crippen LogP contribution in [0, 0.1) is 0 Å². The van der Waals surface area contributed by atoms with E-state index in [1.807, 2.05) is 58.0 Å². The molecule has 180 valence electrons. The highest BCUT2D eigenvalue weighted by Crippen LogP contribution is 2.34. The van der Waals surface area contributed by atoms with E-state index in [9.17, 15) is 14.7 Å². The number of hydrogen-bond donors (Lipinski definition) is 3. The number of benzene rings is 1. The van der Waals surface area contributed by atoms with Crippen molar-refractivity contribution in [3.8, 4) is 11.3 Å². The zero-order valence-corrected chi connectivity index (χ0v) is 20.8. The summed E-state index contributed by atoms with van der Waals surface area (Å²) in [6.07, 6.45) is 0.106. The molecule has 4 N–H and O–H groups in total. The van der Waals surface area contributed by atoms with Gasteiger partial charge in [0.25, 0.3) is 5.91 Å². The molecule has 1 aromatic carbocycles. The lowest BCUT2D eigenvalue weighted by Gasteiger charge is -2.22. The molecular formula is C23H30Cl2N4O4. The Bertz CT molecular complexity index is 1030. The molecule has 8 nitrogen and oxygen atoms in total. The Morgan fingerprint density at radius 1 is 1.18 bits per heavy atom. The Balaban J connectivity index is 0.00000129. The number of carbonyl (C=O) groups is 2. The largest absolute Gasteiger partial charge is 0.433 e. The van der Waals surface area contributed by atoms with Gasteiger partial charge in [0.05, 0.1) is 17.2 Å². The number of amides is 2. The van der Waals surface area contributed by atoms with Gasteiger partial charge in [0.2, 0.25) is 11.1 Å². The molecule has 0 saturated heterocycles. The summed E-state index contributed by atoms with van der Waals surface area (Å²) in [5, 5.41) is 17.2. The number of carbonyl (C=O) groups excluding carboxylic acids is 2. The van der Waals surface area contributed by atoms with Crippen LogP contribution in [0.3, 0.4) is 0 Å². The van der Waals surface area contributed by atoms with Crippen LogP contribution in [0.2, 0.25) is 10.4 Å². The van der Waals surface area contributed by atoms with E-state index < -0.39 is 24.0 Å². The number of nitrogens with one attached hydrogen (secondary N) is 1. The minimum Gasteiger partial charge on any atom is -0.433 e. The van der Waals surface area contributed by atoms with Crippen molar-refractivity contribution < 1.29 is 19.1 Å². The van der Waals surface area contributed by atoms with Crippen molar-refractivity contribution in [1.29, 1.82) is 0 Å². The number of hydrogen-bond acceptors (Lipinski definition) is 5. The molecule has 33 heavy (non-hydrogen) atoms. The summed E-state index contributed by atoms with van der Waals surface area (Å²) in [6.45, 7) is 8.00. The van der Waals surface area contributed by atoms with Crippen LogP contribution in [0.15, 0.2) is 47.0 Å². The summed E-state index contributed by atoms with van der Waals surface area (Å²) in [5.74, 6) is -1.51. The van der Waals surface area contributed by atoms with Crippen molar-refractivity contribution >= 4 is 35.0 Å². The van der Waals surface area contributed by atoms with Gasteiger partial charge in [-0.25, -0.2) is 0 Å². The summed E-state index contributed by atoms with van der Waals surface area (Å²) in [6, 6.07) is 9.60. The molecule has 0 aliphatic carbocycles. The van der Waals surface area contributed by atoms with E-state index in [0.717, 1.165) is 5.56 Å². The highest BCUT2D eigenvalue weighted by Gasteiger charge is 2.29. The Labute approximate surface area is 203 Å². The summed E-state index contributed by atoms with van der Waals surface area (Å²) < 4.78 is 6.52. The monoisotopic (exact) mass is 496 g/mol. The predicted octanol–water partition coefficient (Wildman–Crippen LogP) is 4.23. The molecule has 2 unspecified atom stereocenters. The minimum atomic E-state index is -1.58. The second kappa shape index (κ2) is 13.7. The number of primary amides is 1. The maximum absolute atomic E-state index is 13.0. The topological polar surface area (TPSA) is 123 Å². The van der Waals surface area contributed by atoms with Crippen molar-refractivity contribution in [2.75, 3.05) is 0 Å². The van der Waals surface area contributed by atoms with Crippen LogP contribution in [0.25, 0.3) is 11.3 Å². The predicted molar refractivity (Wildman–Crippen MR) is 130 cm³/mol. The van der Waals surface area contributed by atoms with Gasteiger partial charge in [-0.3, -0.25) is 14.3 Å². The third-order valence-electron chi connectivity index (χ3n) is 4.27. The smallest absolute Gasteiger partial charge is 0.255 e. The van der Waals surface area contributed by atoms with E-state index in [1.165, 1.54) is 16.9 Å². The number of aliphatic hydroxyl groups is 1. The molecule has 3 rings (SSSR count). The zero-order chi connectivity index (χ0) is 25.1. The molecule has 0 aliphatic rings. The van der Waals surface area contributed by atoms with Crippen LogP contribution in [-0.4, -0.2) is 38.8 Å². The summed E-state index contributed by atoms with van der Waals surface area (Å²) in [4.78, 5) is 24.5. The molecule has 0 bridgehead atoms. The van der Waals surface area contributed by atoms with Crippen LogP contribution in [0.1, 0.15) is 43.6 Å². The van der Waals surface area contributed by atoms with Crippen LogP contribution in [0.5, 0.6) is 0 Å². The Hall–Kier alpha value is -2.81. The maximum Gasteiger partial charge on any atom is 0.255 e. The Kier molecular flexibility index (Phi) is 11.7. The number of aromatic nitrogens is 2.